The highest BCUT2D eigenvalue weighted by atomic mass is 16.6. The summed E-state index contributed by atoms with van der Waals surface area (Å²) in [6.45, 7) is 5.62. The number of nitrogens with one attached hydrogen (secondary N) is 1. The zero-order valence-corrected chi connectivity index (χ0v) is 16.3. The molecule has 8 heteroatoms. The van der Waals surface area contributed by atoms with E-state index in [0.29, 0.717) is 48.4 Å². The lowest BCUT2D eigenvalue weighted by Crippen LogP contribution is -2.39. The number of carboxylic acid groups (broad SMARTS) is 1. The molecule has 1 heterocycles. The molecule has 1 aromatic carbocycles. The Labute approximate surface area is 163 Å². The number of rotatable bonds is 8. The predicted octanol–water partition coefficient (Wildman–Crippen LogP) is 3.78. The van der Waals surface area contributed by atoms with Gasteiger partial charge in [0, 0.05) is 35.9 Å². The molecule has 0 aliphatic carbocycles. The van der Waals surface area contributed by atoms with Crippen LogP contribution in [0.15, 0.2) is 40.7 Å². The number of nitro groups is 1. The third kappa shape index (κ3) is 4.44. The number of hydrogen-bond acceptors (Lipinski definition) is 5. The van der Waals surface area contributed by atoms with Crippen LogP contribution in [0.5, 0.6) is 0 Å². The molecule has 8 nitrogen and oxygen atoms in total. The molecule has 1 aliphatic rings. The molecule has 1 amide bonds. The van der Waals surface area contributed by atoms with Gasteiger partial charge in [0.15, 0.2) is 0 Å². The van der Waals surface area contributed by atoms with Crippen molar-refractivity contribution in [2.24, 2.45) is 10.9 Å². The van der Waals surface area contributed by atoms with Gasteiger partial charge in [-0.2, -0.15) is 0 Å². The Morgan fingerprint density at radius 1 is 1.18 bits per heavy atom. The number of carboxylic acids is 1. The quantitative estimate of drug-likeness (QED) is 0.519. The third-order valence-electron chi connectivity index (χ3n) is 4.77. The highest BCUT2D eigenvalue weighted by Crippen LogP contribution is 2.39. The summed E-state index contributed by atoms with van der Waals surface area (Å²) in [6, 6.07) is 5.80. The Balaban J connectivity index is 2.62. The largest absolute Gasteiger partial charge is 0.481 e. The molecule has 0 saturated carbocycles. The van der Waals surface area contributed by atoms with Crippen molar-refractivity contribution in [2.45, 2.75) is 52.4 Å². The maximum atomic E-state index is 12.3. The zero-order valence-electron chi connectivity index (χ0n) is 16.3. The van der Waals surface area contributed by atoms with Gasteiger partial charge in [-0.15, -0.1) is 0 Å². The number of nitro benzene ring substituents is 1. The summed E-state index contributed by atoms with van der Waals surface area (Å²) < 4.78 is 0. The summed E-state index contributed by atoms with van der Waals surface area (Å²) >= 11 is 0. The molecule has 0 spiro atoms. The van der Waals surface area contributed by atoms with Crippen molar-refractivity contribution in [3.63, 3.8) is 0 Å². The molecule has 28 heavy (non-hydrogen) atoms. The Morgan fingerprint density at radius 3 is 2.29 bits per heavy atom. The van der Waals surface area contributed by atoms with Crippen LogP contribution in [0, 0.1) is 16.0 Å². The number of hydrogen-bond donors (Lipinski definition) is 2. The summed E-state index contributed by atoms with van der Waals surface area (Å²) in [7, 11) is 0. The molecule has 0 saturated heterocycles. The van der Waals surface area contributed by atoms with Crippen LogP contribution in [0.2, 0.25) is 0 Å². The number of aliphatic carboxylic acids is 1. The lowest BCUT2D eigenvalue weighted by molar-refractivity contribution is -0.384. The number of amides is 1. The minimum Gasteiger partial charge on any atom is -0.481 e. The number of aliphatic imine (C=N–C) groups is 1. The second kappa shape index (κ2) is 9.25. The van der Waals surface area contributed by atoms with Gasteiger partial charge in [0.25, 0.3) is 5.69 Å². The molecule has 2 atom stereocenters. The second-order valence-electron chi connectivity index (χ2n) is 6.61. The normalized spacial score (nSPS) is 19.2. The van der Waals surface area contributed by atoms with Gasteiger partial charge in [-0.05, 0) is 24.8 Å². The minimum absolute atomic E-state index is 0.0768. The van der Waals surface area contributed by atoms with Crippen LogP contribution in [0.1, 0.15) is 57.9 Å². The summed E-state index contributed by atoms with van der Waals surface area (Å²) in [4.78, 5) is 39.4. The van der Waals surface area contributed by atoms with E-state index in [1.165, 1.54) is 12.1 Å². The highest BCUT2D eigenvalue weighted by molar-refractivity contribution is 6.04. The van der Waals surface area contributed by atoms with Gasteiger partial charge >= 0.3 is 5.97 Å². The first-order valence-corrected chi connectivity index (χ1v) is 9.41. The van der Waals surface area contributed by atoms with Gasteiger partial charge < -0.3 is 10.4 Å². The van der Waals surface area contributed by atoms with E-state index in [0.717, 1.165) is 0 Å². The number of carbonyl (C=O) groups excluding carboxylic acids is 1. The van der Waals surface area contributed by atoms with E-state index in [2.05, 4.69) is 10.3 Å². The maximum Gasteiger partial charge on any atom is 0.313 e. The van der Waals surface area contributed by atoms with Crippen LogP contribution in [0.25, 0.3) is 0 Å². The van der Waals surface area contributed by atoms with Crippen molar-refractivity contribution >= 4 is 23.3 Å². The molecule has 2 rings (SSSR count). The number of non-ortho nitro benzene ring substituents is 1. The monoisotopic (exact) mass is 387 g/mol. The Kier molecular flexibility index (Phi) is 7.03. The van der Waals surface area contributed by atoms with E-state index in [-0.39, 0.29) is 11.6 Å². The van der Waals surface area contributed by atoms with E-state index < -0.39 is 22.7 Å². The van der Waals surface area contributed by atoms with Gasteiger partial charge in [-0.25, -0.2) is 0 Å². The number of allylic oxidation sites excluding steroid dienone is 2. The van der Waals surface area contributed by atoms with Crippen molar-refractivity contribution in [2.75, 3.05) is 0 Å². The molecule has 2 unspecified atom stereocenters. The molecular formula is C20H25N3O5. The van der Waals surface area contributed by atoms with Crippen LogP contribution >= 0.6 is 0 Å². The van der Waals surface area contributed by atoms with Crippen molar-refractivity contribution in [3.8, 4) is 0 Å². The average Bonchev–Trinajstić information content (AvgIpc) is 2.67. The SMILES string of the molecule is CCCC(=O)NC1=C(CC)N=C(CC)C(C(=O)O)C1c1ccc([N+](=O)[O-])cc1. The van der Waals surface area contributed by atoms with Gasteiger partial charge in [0.05, 0.1) is 10.6 Å². The van der Waals surface area contributed by atoms with E-state index >= 15 is 0 Å². The zero-order chi connectivity index (χ0) is 20.8. The Hall–Kier alpha value is -3.03. The minimum atomic E-state index is -1.04. The fourth-order valence-corrected chi connectivity index (χ4v) is 3.45. The Bertz CT molecular complexity index is 827. The first-order chi connectivity index (χ1) is 13.3. The average molecular weight is 387 g/mol. The first kappa shape index (κ1) is 21.3. The van der Waals surface area contributed by atoms with Gasteiger partial charge in [0.1, 0.15) is 5.92 Å². The molecule has 0 aromatic heterocycles. The van der Waals surface area contributed by atoms with E-state index in [4.69, 9.17) is 0 Å². The first-order valence-electron chi connectivity index (χ1n) is 9.41. The standard InChI is InChI=1S/C20H25N3O5/c1-4-7-16(24)22-19-15(6-3)21-14(5-2)18(20(25)26)17(19)12-8-10-13(11-9-12)23(27)28/h8-11,17-18H,4-7H2,1-3H3,(H,22,24)(H,25,26). The lowest BCUT2D eigenvalue weighted by Gasteiger charge is -2.33. The van der Waals surface area contributed by atoms with Crippen molar-refractivity contribution in [1.29, 1.82) is 0 Å². The molecule has 2 N–H and O–H groups in total. The molecule has 1 aliphatic heterocycles. The van der Waals surface area contributed by atoms with Crippen molar-refractivity contribution in [1.82, 2.24) is 5.32 Å². The van der Waals surface area contributed by atoms with Crippen molar-refractivity contribution < 1.29 is 19.6 Å². The van der Waals surface area contributed by atoms with Crippen molar-refractivity contribution in [3.05, 3.63) is 51.3 Å². The second-order valence-corrected chi connectivity index (χ2v) is 6.61. The summed E-state index contributed by atoms with van der Waals surface area (Å²) in [5.41, 5.74) is 2.16. The fourth-order valence-electron chi connectivity index (χ4n) is 3.45. The topological polar surface area (TPSA) is 122 Å². The number of nitrogens with zero attached hydrogens (tertiary/aromatic N) is 2. The van der Waals surface area contributed by atoms with Gasteiger partial charge in [-0.1, -0.05) is 32.9 Å². The summed E-state index contributed by atoms with van der Waals surface area (Å²) in [5.74, 6) is -2.85. The molecular weight excluding hydrogens is 362 g/mol. The third-order valence-corrected chi connectivity index (χ3v) is 4.77. The molecule has 0 radical (unpaired) electrons. The number of benzene rings is 1. The van der Waals surface area contributed by atoms with Crippen LogP contribution in [-0.2, 0) is 9.59 Å². The summed E-state index contributed by atoms with van der Waals surface area (Å²) in [6.07, 6.45) is 1.96. The molecule has 0 fully saturated rings. The molecule has 0 bridgehead atoms. The van der Waals surface area contributed by atoms with E-state index in [1.54, 1.807) is 12.1 Å². The smallest absolute Gasteiger partial charge is 0.313 e. The Morgan fingerprint density at radius 2 is 1.82 bits per heavy atom. The van der Waals surface area contributed by atoms with Crippen LogP contribution in [0.4, 0.5) is 5.69 Å². The van der Waals surface area contributed by atoms with Crippen LogP contribution < -0.4 is 5.32 Å². The highest BCUT2D eigenvalue weighted by Gasteiger charge is 2.40. The molecule has 150 valence electrons. The summed E-state index contributed by atoms with van der Waals surface area (Å²) in [5, 5.41) is 23.7. The van der Waals surface area contributed by atoms with Crippen LogP contribution in [0.3, 0.4) is 0 Å². The lowest BCUT2D eigenvalue weighted by atomic mass is 9.77. The predicted molar refractivity (Wildman–Crippen MR) is 105 cm³/mol. The molecule has 1 aromatic rings. The fraction of sp³-hybridized carbons (Fsp3) is 0.450. The van der Waals surface area contributed by atoms with E-state index in [1.807, 2.05) is 20.8 Å². The van der Waals surface area contributed by atoms with Gasteiger partial charge in [-0.3, -0.25) is 24.7 Å². The van der Waals surface area contributed by atoms with Crippen LogP contribution in [-0.4, -0.2) is 27.6 Å². The van der Waals surface area contributed by atoms with Gasteiger partial charge in [0.2, 0.25) is 5.91 Å². The number of carbonyl (C=O) groups is 2. The maximum absolute atomic E-state index is 12.3. The van der Waals surface area contributed by atoms with E-state index in [9.17, 15) is 24.8 Å².